The third-order valence-corrected chi connectivity index (χ3v) is 3.74. The van der Waals surface area contributed by atoms with E-state index < -0.39 is 0 Å². The standard InChI is InChI=1S/C12H14N4O.C8H19N/c1-5-13-11(14-6-1)3-9-17-10-4-12-15-7-2-8-16-12;1-2-3-4-5-6-7-8-9/h1-2,5-8H,3-4,9-10H2;2-9H2,1H3. The molecule has 0 unspecified atom stereocenters. The van der Waals surface area contributed by atoms with Crippen molar-refractivity contribution in [3.05, 3.63) is 48.6 Å². The quantitative estimate of drug-likeness (QED) is 0.585. The van der Waals surface area contributed by atoms with Crippen LogP contribution in [0.2, 0.25) is 0 Å². The van der Waals surface area contributed by atoms with Crippen LogP contribution in [-0.4, -0.2) is 39.7 Å². The Bertz CT molecular complexity index is 477. The van der Waals surface area contributed by atoms with Crippen molar-refractivity contribution in [2.24, 2.45) is 5.73 Å². The number of aromatic nitrogens is 4. The Morgan fingerprint density at radius 1 is 0.731 bits per heavy atom. The Balaban J connectivity index is 0.000000321. The number of unbranched alkanes of at least 4 members (excludes halogenated alkanes) is 5. The summed E-state index contributed by atoms with van der Waals surface area (Å²) in [4.78, 5) is 16.5. The summed E-state index contributed by atoms with van der Waals surface area (Å²) in [5, 5.41) is 0. The molecule has 2 rings (SSSR count). The van der Waals surface area contributed by atoms with Crippen molar-refractivity contribution in [1.29, 1.82) is 0 Å². The van der Waals surface area contributed by atoms with E-state index in [4.69, 9.17) is 10.5 Å². The van der Waals surface area contributed by atoms with Gasteiger partial charge in [-0.25, -0.2) is 19.9 Å². The predicted octanol–water partition coefficient (Wildman–Crippen LogP) is 3.37. The van der Waals surface area contributed by atoms with Crippen LogP contribution < -0.4 is 5.73 Å². The van der Waals surface area contributed by atoms with E-state index in [1.54, 1.807) is 36.9 Å². The molecule has 0 radical (unpaired) electrons. The summed E-state index contributed by atoms with van der Waals surface area (Å²) < 4.78 is 5.48. The maximum atomic E-state index is 5.48. The number of nitrogens with two attached hydrogens (primary N) is 1. The molecule has 0 atom stereocenters. The first kappa shape index (κ1) is 22.1. The molecule has 0 aliphatic rings. The third-order valence-electron chi connectivity index (χ3n) is 3.74. The molecule has 0 fully saturated rings. The molecule has 0 amide bonds. The second-order valence-electron chi connectivity index (χ2n) is 6.00. The highest BCUT2D eigenvalue weighted by Gasteiger charge is 1.97. The molecule has 2 heterocycles. The van der Waals surface area contributed by atoms with Gasteiger partial charge in [-0.2, -0.15) is 0 Å². The second-order valence-corrected chi connectivity index (χ2v) is 6.00. The molecular weight excluding hydrogens is 326 g/mol. The van der Waals surface area contributed by atoms with Crippen molar-refractivity contribution < 1.29 is 4.74 Å². The van der Waals surface area contributed by atoms with Crippen LogP contribution in [0.25, 0.3) is 0 Å². The molecule has 0 saturated heterocycles. The largest absolute Gasteiger partial charge is 0.381 e. The van der Waals surface area contributed by atoms with Crippen LogP contribution in [0.4, 0.5) is 0 Å². The maximum Gasteiger partial charge on any atom is 0.130 e. The monoisotopic (exact) mass is 359 g/mol. The summed E-state index contributed by atoms with van der Waals surface area (Å²) in [6, 6.07) is 3.61. The number of hydrogen-bond acceptors (Lipinski definition) is 6. The summed E-state index contributed by atoms with van der Waals surface area (Å²) in [5.41, 5.74) is 5.34. The van der Waals surface area contributed by atoms with Crippen LogP contribution >= 0.6 is 0 Å². The Hall–Kier alpha value is -1.92. The fourth-order valence-electron chi connectivity index (χ4n) is 2.27. The highest BCUT2D eigenvalue weighted by Crippen LogP contribution is 2.03. The van der Waals surface area contributed by atoms with Gasteiger partial charge in [0.15, 0.2) is 0 Å². The number of ether oxygens (including phenoxy) is 1. The molecule has 0 aliphatic carbocycles. The molecule has 0 aromatic carbocycles. The lowest BCUT2D eigenvalue weighted by molar-refractivity contribution is 0.138. The molecular formula is C20H33N5O. The van der Waals surface area contributed by atoms with E-state index in [0.717, 1.165) is 31.0 Å². The van der Waals surface area contributed by atoms with Gasteiger partial charge in [0.2, 0.25) is 0 Å². The molecule has 0 spiro atoms. The molecule has 0 saturated carbocycles. The molecule has 2 aromatic heterocycles. The first-order valence-electron chi connectivity index (χ1n) is 9.66. The zero-order chi connectivity index (χ0) is 18.7. The van der Waals surface area contributed by atoms with Crippen molar-refractivity contribution in [2.45, 2.75) is 58.3 Å². The van der Waals surface area contributed by atoms with E-state index in [1.807, 2.05) is 0 Å². The molecule has 2 aromatic rings. The zero-order valence-electron chi connectivity index (χ0n) is 16.0. The first-order valence-corrected chi connectivity index (χ1v) is 9.66. The topological polar surface area (TPSA) is 86.8 Å². The van der Waals surface area contributed by atoms with Gasteiger partial charge in [0.05, 0.1) is 13.2 Å². The van der Waals surface area contributed by atoms with Crippen LogP contribution in [-0.2, 0) is 17.6 Å². The highest BCUT2D eigenvalue weighted by atomic mass is 16.5. The van der Waals surface area contributed by atoms with Gasteiger partial charge in [-0.1, -0.05) is 39.0 Å². The van der Waals surface area contributed by atoms with Gasteiger partial charge in [-0.3, -0.25) is 0 Å². The molecule has 144 valence electrons. The summed E-state index contributed by atoms with van der Waals surface area (Å²) in [7, 11) is 0. The Morgan fingerprint density at radius 2 is 1.19 bits per heavy atom. The summed E-state index contributed by atoms with van der Waals surface area (Å²) in [6.45, 7) is 4.35. The predicted molar refractivity (Wildman–Crippen MR) is 105 cm³/mol. The summed E-state index contributed by atoms with van der Waals surface area (Å²) in [6.07, 6.45) is 16.5. The fraction of sp³-hybridized carbons (Fsp3) is 0.600. The average Bonchev–Trinajstić information content (AvgIpc) is 2.70. The first-order chi connectivity index (χ1) is 12.9. The van der Waals surface area contributed by atoms with E-state index in [9.17, 15) is 0 Å². The van der Waals surface area contributed by atoms with Gasteiger partial charge < -0.3 is 10.5 Å². The molecule has 6 heteroatoms. The molecule has 2 N–H and O–H groups in total. The van der Waals surface area contributed by atoms with E-state index in [1.165, 1.54) is 38.5 Å². The van der Waals surface area contributed by atoms with Crippen LogP contribution in [0.5, 0.6) is 0 Å². The van der Waals surface area contributed by atoms with Gasteiger partial charge in [-0.15, -0.1) is 0 Å². The lowest BCUT2D eigenvalue weighted by Gasteiger charge is -2.02. The Morgan fingerprint density at radius 3 is 1.65 bits per heavy atom. The van der Waals surface area contributed by atoms with Gasteiger partial charge in [-0.05, 0) is 25.1 Å². The fourth-order valence-corrected chi connectivity index (χ4v) is 2.27. The summed E-state index contributed by atoms with van der Waals surface area (Å²) in [5.74, 6) is 1.62. The zero-order valence-corrected chi connectivity index (χ0v) is 16.0. The highest BCUT2D eigenvalue weighted by molar-refractivity contribution is 4.89. The van der Waals surface area contributed by atoms with E-state index >= 15 is 0 Å². The number of hydrogen-bond donors (Lipinski definition) is 1. The van der Waals surface area contributed by atoms with E-state index in [-0.39, 0.29) is 0 Å². The smallest absolute Gasteiger partial charge is 0.130 e. The van der Waals surface area contributed by atoms with Gasteiger partial charge in [0, 0.05) is 37.6 Å². The van der Waals surface area contributed by atoms with Gasteiger partial charge in [0.1, 0.15) is 11.6 Å². The van der Waals surface area contributed by atoms with Crippen LogP contribution in [0, 0.1) is 0 Å². The van der Waals surface area contributed by atoms with Crippen molar-refractivity contribution >= 4 is 0 Å². The maximum absolute atomic E-state index is 5.48. The molecule has 0 bridgehead atoms. The van der Waals surface area contributed by atoms with E-state index in [2.05, 4.69) is 26.9 Å². The third kappa shape index (κ3) is 12.4. The van der Waals surface area contributed by atoms with Gasteiger partial charge in [0.25, 0.3) is 0 Å². The lowest BCUT2D eigenvalue weighted by Crippen LogP contribution is -2.06. The summed E-state index contributed by atoms with van der Waals surface area (Å²) >= 11 is 0. The molecule has 26 heavy (non-hydrogen) atoms. The SMILES string of the molecule is CCCCCCCCN.c1cnc(CCOCCc2ncccn2)nc1. The molecule has 6 nitrogen and oxygen atoms in total. The molecule has 0 aliphatic heterocycles. The number of rotatable bonds is 12. The van der Waals surface area contributed by atoms with Crippen molar-refractivity contribution in [3.8, 4) is 0 Å². The van der Waals surface area contributed by atoms with Crippen molar-refractivity contribution in [2.75, 3.05) is 19.8 Å². The van der Waals surface area contributed by atoms with Gasteiger partial charge >= 0.3 is 0 Å². The van der Waals surface area contributed by atoms with Crippen molar-refractivity contribution in [3.63, 3.8) is 0 Å². The van der Waals surface area contributed by atoms with Crippen LogP contribution in [0.1, 0.15) is 57.1 Å². The minimum Gasteiger partial charge on any atom is -0.381 e. The van der Waals surface area contributed by atoms with Crippen LogP contribution in [0.15, 0.2) is 36.9 Å². The average molecular weight is 360 g/mol. The minimum atomic E-state index is 0.622. The number of nitrogens with zero attached hydrogens (tertiary/aromatic N) is 4. The Kier molecular flexibility index (Phi) is 14.1. The second kappa shape index (κ2) is 16.5. The lowest BCUT2D eigenvalue weighted by atomic mass is 10.1. The minimum absolute atomic E-state index is 0.622. The van der Waals surface area contributed by atoms with E-state index in [0.29, 0.717) is 13.2 Å². The normalized spacial score (nSPS) is 10.2. The van der Waals surface area contributed by atoms with Crippen LogP contribution in [0.3, 0.4) is 0 Å². The Labute approximate surface area is 157 Å². The van der Waals surface area contributed by atoms with Crippen molar-refractivity contribution in [1.82, 2.24) is 19.9 Å².